The molecule has 1 heterocycles. The highest BCUT2D eigenvalue weighted by molar-refractivity contribution is 6.32. The Kier molecular flexibility index (Phi) is 4.63. The molecule has 0 atom stereocenters. The predicted octanol–water partition coefficient (Wildman–Crippen LogP) is 3.54. The van der Waals surface area contributed by atoms with Crippen molar-refractivity contribution in [2.24, 2.45) is 0 Å². The third-order valence-corrected chi connectivity index (χ3v) is 3.77. The van der Waals surface area contributed by atoms with Crippen molar-refractivity contribution < 1.29 is 19.4 Å². The molecule has 1 aliphatic heterocycles. The number of anilines is 1. The van der Waals surface area contributed by atoms with E-state index in [-0.39, 0.29) is 11.4 Å². The number of carbonyl (C=O) groups is 2. The Morgan fingerprint density at radius 1 is 1.24 bits per heavy atom. The number of hydrogen-bond donors (Lipinski definition) is 2. The van der Waals surface area contributed by atoms with E-state index < -0.39 is 11.9 Å². The number of urea groups is 1. The lowest BCUT2D eigenvalue weighted by atomic mass is 10.1. The summed E-state index contributed by atoms with van der Waals surface area (Å²) >= 11 is 5.92. The molecule has 25 heavy (non-hydrogen) atoms. The van der Waals surface area contributed by atoms with Gasteiger partial charge in [-0.15, -0.1) is 0 Å². The molecule has 0 aliphatic carbocycles. The van der Waals surface area contributed by atoms with Crippen molar-refractivity contribution in [1.82, 2.24) is 5.32 Å². The SMILES string of the molecule is CCOc1cc(C=C2NC(=O)N(c3cccc(Cl)c3)C2=O)ccc1O. The molecule has 0 saturated carbocycles. The van der Waals surface area contributed by atoms with Gasteiger partial charge in [-0.05, 0) is 48.9 Å². The van der Waals surface area contributed by atoms with Gasteiger partial charge in [-0.25, -0.2) is 9.69 Å². The highest BCUT2D eigenvalue weighted by Gasteiger charge is 2.34. The first-order valence-electron chi connectivity index (χ1n) is 7.58. The van der Waals surface area contributed by atoms with Crippen LogP contribution in [0.5, 0.6) is 11.5 Å². The zero-order valence-corrected chi connectivity index (χ0v) is 14.1. The Hall–Kier alpha value is -2.99. The van der Waals surface area contributed by atoms with Crippen molar-refractivity contribution in [1.29, 1.82) is 0 Å². The molecule has 7 heteroatoms. The monoisotopic (exact) mass is 358 g/mol. The van der Waals surface area contributed by atoms with Gasteiger partial charge in [0, 0.05) is 5.02 Å². The maximum Gasteiger partial charge on any atom is 0.333 e. The van der Waals surface area contributed by atoms with Crippen molar-refractivity contribution >= 4 is 35.3 Å². The van der Waals surface area contributed by atoms with Gasteiger partial charge in [0.05, 0.1) is 12.3 Å². The minimum atomic E-state index is -0.553. The van der Waals surface area contributed by atoms with E-state index in [2.05, 4.69) is 5.32 Å². The van der Waals surface area contributed by atoms with E-state index in [0.29, 0.717) is 28.6 Å². The van der Waals surface area contributed by atoms with Gasteiger partial charge < -0.3 is 15.2 Å². The van der Waals surface area contributed by atoms with Crippen molar-refractivity contribution in [3.05, 3.63) is 58.7 Å². The van der Waals surface area contributed by atoms with Gasteiger partial charge in [0.2, 0.25) is 0 Å². The lowest BCUT2D eigenvalue weighted by molar-refractivity contribution is -0.113. The summed E-state index contributed by atoms with van der Waals surface area (Å²) in [6, 6.07) is 10.6. The van der Waals surface area contributed by atoms with Gasteiger partial charge in [-0.2, -0.15) is 0 Å². The second-order valence-corrected chi connectivity index (χ2v) is 5.71. The predicted molar refractivity (Wildman–Crippen MR) is 94.7 cm³/mol. The Morgan fingerprint density at radius 2 is 2.04 bits per heavy atom. The molecular weight excluding hydrogens is 344 g/mol. The highest BCUT2D eigenvalue weighted by atomic mass is 35.5. The number of amides is 3. The third kappa shape index (κ3) is 3.44. The van der Waals surface area contributed by atoms with Crippen molar-refractivity contribution in [2.75, 3.05) is 11.5 Å². The number of nitrogens with zero attached hydrogens (tertiary/aromatic N) is 1. The summed E-state index contributed by atoms with van der Waals surface area (Å²) in [6.45, 7) is 2.19. The van der Waals surface area contributed by atoms with Crippen LogP contribution in [0.2, 0.25) is 5.02 Å². The molecule has 2 aromatic carbocycles. The normalized spacial score (nSPS) is 15.6. The molecule has 128 valence electrons. The number of halogens is 1. The Morgan fingerprint density at radius 3 is 2.76 bits per heavy atom. The van der Waals surface area contributed by atoms with E-state index >= 15 is 0 Å². The highest BCUT2D eigenvalue weighted by Crippen LogP contribution is 2.29. The average molecular weight is 359 g/mol. The summed E-state index contributed by atoms with van der Waals surface area (Å²) in [5.74, 6) is -0.176. The molecule has 0 radical (unpaired) electrons. The number of nitrogens with one attached hydrogen (secondary N) is 1. The molecule has 0 aromatic heterocycles. The molecule has 1 saturated heterocycles. The van der Waals surface area contributed by atoms with E-state index in [1.165, 1.54) is 18.2 Å². The lowest BCUT2D eigenvalue weighted by Crippen LogP contribution is -2.30. The van der Waals surface area contributed by atoms with E-state index in [0.717, 1.165) is 4.90 Å². The van der Waals surface area contributed by atoms with Crippen molar-refractivity contribution in [2.45, 2.75) is 6.92 Å². The first kappa shape index (κ1) is 16.9. The Labute approximate surface area is 149 Å². The van der Waals surface area contributed by atoms with Crippen LogP contribution in [-0.4, -0.2) is 23.7 Å². The molecule has 3 amide bonds. The summed E-state index contributed by atoms with van der Waals surface area (Å²) in [6.07, 6.45) is 1.52. The van der Waals surface area contributed by atoms with E-state index in [4.69, 9.17) is 16.3 Å². The maximum absolute atomic E-state index is 12.6. The molecular formula is C18H15ClN2O4. The number of hydrogen-bond acceptors (Lipinski definition) is 4. The molecule has 1 aliphatic rings. The van der Waals surface area contributed by atoms with Crippen LogP contribution < -0.4 is 15.0 Å². The summed E-state index contributed by atoms with van der Waals surface area (Å²) in [7, 11) is 0. The number of imide groups is 1. The van der Waals surface area contributed by atoms with Gasteiger partial charge in [0.25, 0.3) is 5.91 Å². The van der Waals surface area contributed by atoms with Gasteiger partial charge in [-0.1, -0.05) is 23.7 Å². The first-order chi connectivity index (χ1) is 12.0. The van der Waals surface area contributed by atoms with Crippen LogP contribution in [0.15, 0.2) is 48.2 Å². The standard InChI is InChI=1S/C18H15ClN2O4/c1-2-25-16-9-11(6-7-15(16)22)8-14-17(23)21(18(24)20-14)13-5-3-4-12(19)10-13/h3-10,22H,2H2,1H3,(H,20,24). The molecule has 6 nitrogen and oxygen atoms in total. The molecule has 2 aromatic rings. The summed E-state index contributed by atoms with van der Waals surface area (Å²) < 4.78 is 5.32. The molecule has 1 fully saturated rings. The number of phenols is 1. The molecule has 0 bridgehead atoms. The van der Waals surface area contributed by atoms with Crippen LogP contribution in [-0.2, 0) is 4.79 Å². The molecule has 2 N–H and O–H groups in total. The number of aromatic hydroxyl groups is 1. The quantitative estimate of drug-likeness (QED) is 0.647. The van der Waals surface area contributed by atoms with E-state index in [1.54, 1.807) is 37.3 Å². The molecule has 0 spiro atoms. The topological polar surface area (TPSA) is 78.9 Å². The fourth-order valence-electron chi connectivity index (χ4n) is 2.44. The fraction of sp³-hybridized carbons (Fsp3) is 0.111. The number of rotatable bonds is 4. The van der Waals surface area contributed by atoms with Crippen LogP contribution >= 0.6 is 11.6 Å². The van der Waals surface area contributed by atoms with Crippen molar-refractivity contribution in [3.8, 4) is 11.5 Å². The van der Waals surface area contributed by atoms with Crippen LogP contribution in [0.3, 0.4) is 0 Å². The number of carbonyl (C=O) groups excluding carboxylic acids is 2. The number of ether oxygens (including phenoxy) is 1. The second-order valence-electron chi connectivity index (χ2n) is 5.27. The van der Waals surface area contributed by atoms with E-state index in [9.17, 15) is 14.7 Å². The number of phenolic OH excluding ortho intramolecular Hbond substituents is 1. The summed E-state index contributed by atoms with van der Waals surface area (Å²) in [5, 5.41) is 12.7. The van der Waals surface area contributed by atoms with Gasteiger partial charge in [0.15, 0.2) is 11.5 Å². The van der Waals surface area contributed by atoms with Crippen LogP contribution in [0.4, 0.5) is 10.5 Å². The Bertz CT molecular complexity index is 879. The number of benzene rings is 2. The smallest absolute Gasteiger partial charge is 0.333 e. The second kappa shape index (κ2) is 6.86. The van der Waals surface area contributed by atoms with Gasteiger partial charge in [0.1, 0.15) is 5.70 Å². The average Bonchev–Trinajstić information content (AvgIpc) is 2.85. The summed E-state index contributed by atoms with van der Waals surface area (Å²) in [5.41, 5.74) is 1.12. The summed E-state index contributed by atoms with van der Waals surface area (Å²) in [4.78, 5) is 25.7. The minimum absolute atomic E-state index is 0.00587. The molecule has 3 rings (SSSR count). The third-order valence-electron chi connectivity index (χ3n) is 3.54. The zero-order valence-electron chi connectivity index (χ0n) is 13.3. The molecule has 0 unspecified atom stereocenters. The zero-order chi connectivity index (χ0) is 18.0. The lowest BCUT2D eigenvalue weighted by Gasteiger charge is -2.11. The van der Waals surface area contributed by atoms with Gasteiger partial charge in [-0.3, -0.25) is 4.79 Å². The van der Waals surface area contributed by atoms with Crippen LogP contribution in [0, 0.1) is 0 Å². The Balaban J connectivity index is 1.92. The van der Waals surface area contributed by atoms with Gasteiger partial charge >= 0.3 is 6.03 Å². The van der Waals surface area contributed by atoms with E-state index in [1.807, 2.05) is 0 Å². The van der Waals surface area contributed by atoms with Crippen LogP contribution in [0.25, 0.3) is 6.08 Å². The maximum atomic E-state index is 12.6. The first-order valence-corrected chi connectivity index (χ1v) is 7.96. The van der Waals surface area contributed by atoms with Crippen molar-refractivity contribution in [3.63, 3.8) is 0 Å². The van der Waals surface area contributed by atoms with Crippen LogP contribution in [0.1, 0.15) is 12.5 Å². The fourth-order valence-corrected chi connectivity index (χ4v) is 2.63. The minimum Gasteiger partial charge on any atom is -0.504 e. The largest absolute Gasteiger partial charge is 0.504 e.